The molecule has 0 bridgehead atoms. The minimum absolute atomic E-state index is 0.195. The van der Waals surface area contributed by atoms with Gasteiger partial charge in [-0.15, -0.1) is 0 Å². The Balaban J connectivity index is 3.50. The highest BCUT2D eigenvalue weighted by atomic mass is 16.3. The quantitative estimate of drug-likeness (QED) is 0.384. The molecule has 4 N–H and O–H groups in total. The third-order valence-electron chi connectivity index (χ3n) is 1.65. The fourth-order valence-corrected chi connectivity index (χ4v) is 0.666. The van der Waals surface area contributed by atoms with Crippen molar-refractivity contribution in [2.45, 2.75) is 13.3 Å². The van der Waals surface area contributed by atoms with E-state index >= 15 is 0 Å². The molecule has 4 heteroatoms. The predicted octanol–water partition coefficient (Wildman–Crippen LogP) is -0.461. The Kier molecular flexibility index (Phi) is 5.56. The summed E-state index contributed by atoms with van der Waals surface area (Å²) in [6.45, 7) is 2.92. The third-order valence-corrected chi connectivity index (χ3v) is 1.65. The average Bonchev–Trinajstić information content (AvgIpc) is 2.06. The van der Waals surface area contributed by atoms with E-state index in [0.29, 0.717) is 12.5 Å². The van der Waals surface area contributed by atoms with Gasteiger partial charge in [-0.1, -0.05) is 6.92 Å². The monoisotopic (exact) mass is 159 g/mol. The van der Waals surface area contributed by atoms with Crippen LogP contribution < -0.4 is 11.1 Å². The van der Waals surface area contributed by atoms with Crippen LogP contribution in [0.25, 0.3) is 0 Å². The highest BCUT2D eigenvalue weighted by molar-refractivity contribution is 5.77. The van der Waals surface area contributed by atoms with Gasteiger partial charge >= 0.3 is 0 Å². The number of aliphatic hydroxyl groups is 1. The van der Waals surface area contributed by atoms with Crippen molar-refractivity contribution in [3.63, 3.8) is 0 Å². The molecule has 11 heavy (non-hydrogen) atoms. The van der Waals surface area contributed by atoms with Gasteiger partial charge in [-0.05, 0) is 12.3 Å². The van der Waals surface area contributed by atoms with Crippen molar-refractivity contribution in [3.05, 3.63) is 0 Å². The summed E-state index contributed by atoms with van der Waals surface area (Å²) in [5.41, 5.74) is 5.39. The van der Waals surface area contributed by atoms with Gasteiger partial charge in [-0.25, -0.2) is 0 Å². The van der Waals surface area contributed by atoms with E-state index in [9.17, 15) is 0 Å². The molecule has 0 radical (unpaired) electrons. The normalized spacial score (nSPS) is 14.6. The number of aliphatic hydroxyl groups excluding tert-OH is 1. The fraction of sp³-hybridized carbons (Fsp3) is 0.857. The molecule has 0 amide bonds. The van der Waals surface area contributed by atoms with Crippen LogP contribution in [0.5, 0.6) is 0 Å². The number of nitrogens with two attached hydrogens (primary N) is 1. The number of aliphatic imine (C=N–C) groups is 1. The lowest BCUT2D eigenvalue weighted by atomic mass is 10.1. The van der Waals surface area contributed by atoms with E-state index in [1.54, 1.807) is 7.05 Å². The molecule has 0 heterocycles. The first-order valence-electron chi connectivity index (χ1n) is 3.81. The van der Waals surface area contributed by atoms with E-state index in [0.717, 1.165) is 6.42 Å². The van der Waals surface area contributed by atoms with Crippen LogP contribution in [0.3, 0.4) is 0 Å². The standard InChI is InChI=1S/C7H17N3O/c1-3-6(5-11)4-10-7(8)9-2/h6,11H,3-5H2,1-2H3,(H3,8,9,10). The van der Waals surface area contributed by atoms with E-state index < -0.39 is 0 Å². The molecule has 66 valence electrons. The molecule has 0 fully saturated rings. The predicted molar refractivity (Wildman–Crippen MR) is 46.4 cm³/mol. The summed E-state index contributed by atoms with van der Waals surface area (Å²) in [6.07, 6.45) is 0.945. The van der Waals surface area contributed by atoms with Crippen LogP contribution in [0.15, 0.2) is 4.99 Å². The van der Waals surface area contributed by atoms with Crippen molar-refractivity contribution in [1.29, 1.82) is 0 Å². The van der Waals surface area contributed by atoms with Crippen LogP contribution in [0.1, 0.15) is 13.3 Å². The molecule has 0 aliphatic heterocycles. The van der Waals surface area contributed by atoms with E-state index in [1.165, 1.54) is 0 Å². The second-order valence-corrected chi connectivity index (χ2v) is 2.45. The number of guanidine groups is 1. The first-order valence-corrected chi connectivity index (χ1v) is 3.81. The molecule has 0 aliphatic rings. The largest absolute Gasteiger partial charge is 0.396 e. The maximum atomic E-state index is 8.79. The van der Waals surface area contributed by atoms with E-state index in [2.05, 4.69) is 10.3 Å². The van der Waals surface area contributed by atoms with Gasteiger partial charge in [-0.3, -0.25) is 4.99 Å². The van der Waals surface area contributed by atoms with Gasteiger partial charge in [0.1, 0.15) is 0 Å². The Morgan fingerprint density at radius 2 is 2.36 bits per heavy atom. The Morgan fingerprint density at radius 3 is 2.73 bits per heavy atom. The van der Waals surface area contributed by atoms with Crippen LogP contribution >= 0.6 is 0 Å². The second-order valence-electron chi connectivity index (χ2n) is 2.45. The summed E-state index contributed by atoms with van der Waals surface area (Å²) in [6, 6.07) is 0. The minimum atomic E-state index is 0.195. The zero-order valence-electron chi connectivity index (χ0n) is 7.17. The van der Waals surface area contributed by atoms with Gasteiger partial charge in [-0.2, -0.15) is 0 Å². The second kappa shape index (κ2) is 5.97. The van der Waals surface area contributed by atoms with E-state index in [4.69, 9.17) is 10.8 Å². The lowest BCUT2D eigenvalue weighted by Gasteiger charge is -2.12. The molecule has 0 saturated carbocycles. The van der Waals surface area contributed by atoms with Crippen molar-refractivity contribution >= 4 is 5.96 Å². The molecule has 0 aromatic rings. The summed E-state index contributed by atoms with van der Waals surface area (Å²) >= 11 is 0. The minimum Gasteiger partial charge on any atom is -0.396 e. The molecular weight excluding hydrogens is 142 g/mol. The zero-order chi connectivity index (χ0) is 8.69. The summed E-state index contributed by atoms with van der Waals surface area (Å²) in [4.78, 5) is 3.73. The van der Waals surface area contributed by atoms with Gasteiger partial charge in [0.15, 0.2) is 5.96 Å². The topological polar surface area (TPSA) is 70.6 Å². The maximum Gasteiger partial charge on any atom is 0.188 e. The average molecular weight is 159 g/mol. The smallest absolute Gasteiger partial charge is 0.188 e. The van der Waals surface area contributed by atoms with Crippen LogP contribution in [0, 0.1) is 5.92 Å². The first kappa shape index (κ1) is 10.2. The van der Waals surface area contributed by atoms with Crippen molar-refractivity contribution in [1.82, 2.24) is 5.32 Å². The SMILES string of the molecule is CCC(CO)CNC(N)=NC. The Labute approximate surface area is 67.5 Å². The van der Waals surface area contributed by atoms with Crippen molar-refractivity contribution in [3.8, 4) is 0 Å². The highest BCUT2D eigenvalue weighted by Gasteiger charge is 2.03. The summed E-state index contributed by atoms with van der Waals surface area (Å²) in [7, 11) is 1.63. The van der Waals surface area contributed by atoms with Crippen LogP contribution in [0.2, 0.25) is 0 Å². The summed E-state index contributed by atoms with van der Waals surface area (Å²) in [5.74, 6) is 0.701. The van der Waals surface area contributed by atoms with Crippen LogP contribution in [-0.4, -0.2) is 31.3 Å². The van der Waals surface area contributed by atoms with Crippen molar-refractivity contribution in [2.75, 3.05) is 20.2 Å². The molecule has 0 aromatic carbocycles. The van der Waals surface area contributed by atoms with Crippen molar-refractivity contribution < 1.29 is 5.11 Å². The van der Waals surface area contributed by atoms with Crippen LogP contribution in [0.4, 0.5) is 0 Å². The summed E-state index contributed by atoms with van der Waals surface area (Å²) in [5, 5.41) is 11.7. The first-order chi connectivity index (χ1) is 5.24. The van der Waals surface area contributed by atoms with E-state index in [1.807, 2.05) is 6.92 Å². The molecule has 0 aliphatic carbocycles. The number of nitrogens with zero attached hydrogens (tertiary/aromatic N) is 1. The molecule has 1 atom stereocenters. The molecule has 0 rings (SSSR count). The molecule has 1 unspecified atom stereocenters. The molecule has 0 aromatic heterocycles. The number of rotatable bonds is 4. The highest BCUT2D eigenvalue weighted by Crippen LogP contribution is 1.97. The molecule has 0 saturated heterocycles. The van der Waals surface area contributed by atoms with Gasteiger partial charge < -0.3 is 16.2 Å². The van der Waals surface area contributed by atoms with Gasteiger partial charge in [0.25, 0.3) is 0 Å². The van der Waals surface area contributed by atoms with Crippen LogP contribution in [-0.2, 0) is 0 Å². The number of hydrogen-bond acceptors (Lipinski definition) is 2. The molecule has 4 nitrogen and oxygen atoms in total. The van der Waals surface area contributed by atoms with Crippen molar-refractivity contribution in [2.24, 2.45) is 16.6 Å². The maximum absolute atomic E-state index is 8.79. The van der Waals surface area contributed by atoms with E-state index in [-0.39, 0.29) is 12.5 Å². The Morgan fingerprint density at radius 1 is 1.73 bits per heavy atom. The fourth-order valence-electron chi connectivity index (χ4n) is 0.666. The third kappa shape index (κ3) is 4.61. The van der Waals surface area contributed by atoms with Gasteiger partial charge in [0.2, 0.25) is 0 Å². The number of nitrogens with one attached hydrogen (secondary N) is 1. The number of hydrogen-bond donors (Lipinski definition) is 3. The lowest BCUT2D eigenvalue weighted by molar-refractivity contribution is 0.223. The van der Waals surface area contributed by atoms with Gasteiger partial charge in [0.05, 0.1) is 0 Å². The Bertz CT molecular complexity index is 121. The summed E-state index contributed by atoms with van der Waals surface area (Å²) < 4.78 is 0. The van der Waals surface area contributed by atoms with Gasteiger partial charge in [0, 0.05) is 20.2 Å². The zero-order valence-corrected chi connectivity index (χ0v) is 7.17. The lowest BCUT2D eigenvalue weighted by Crippen LogP contribution is -2.36. The molecule has 0 spiro atoms. The molecular formula is C7H17N3O. The Hall–Kier alpha value is -0.770.